The van der Waals surface area contributed by atoms with E-state index in [9.17, 15) is 24.0 Å². The molecule has 1 amide bonds. The average Bonchev–Trinajstić information content (AvgIpc) is 3.04. The highest BCUT2D eigenvalue weighted by molar-refractivity contribution is 7.75. The third kappa shape index (κ3) is 9.12. The first kappa shape index (κ1) is 34.4. The number of rotatable bonds is 5. The largest absolute Gasteiger partial charge is 0.491 e. The molecule has 2 N–H and O–H groups in total. The maximum Gasteiger partial charge on any atom is 0.306 e. The zero-order valence-corrected chi connectivity index (χ0v) is 28.0. The number of amides is 1. The second-order valence-electron chi connectivity index (χ2n) is 12.8. The number of aliphatic hydroxyl groups is 2. The van der Waals surface area contributed by atoms with Crippen molar-refractivity contribution in [3.8, 4) is 5.75 Å². The van der Waals surface area contributed by atoms with Crippen LogP contribution in [-0.4, -0.2) is 64.0 Å². The van der Waals surface area contributed by atoms with Crippen LogP contribution in [-0.2, 0) is 33.1 Å². The minimum absolute atomic E-state index is 0.00226. The summed E-state index contributed by atoms with van der Waals surface area (Å²) in [7, 11) is -2.11. The predicted octanol–water partition coefficient (Wildman–Crippen LogP) is 5.53. The van der Waals surface area contributed by atoms with Gasteiger partial charge in [-0.3, -0.25) is 13.8 Å². The Labute approximate surface area is 278 Å². The predicted molar refractivity (Wildman–Crippen MR) is 180 cm³/mol. The van der Waals surface area contributed by atoms with E-state index in [1.54, 1.807) is 6.07 Å². The van der Waals surface area contributed by atoms with Gasteiger partial charge in [0, 0.05) is 52.4 Å². The van der Waals surface area contributed by atoms with Gasteiger partial charge in [0.1, 0.15) is 11.9 Å². The molecule has 2 aliphatic heterocycles. The number of hydrogen-bond acceptors (Lipinski definition) is 8. The highest BCUT2D eigenvalue weighted by Crippen LogP contribution is 2.42. The molecule has 1 saturated carbocycles. The van der Waals surface area contributed by atoms with Gasteiger partial charge in [-0.15, -0.1) is 0 Å². The van der Waals surface area contributed by atoms with E-state index < -0.39 is 41.3 Å². The number of fused-ring (bicyclic) bond motifs is 3. The Bertz CT molecular complexity index is 1510. The molecule has 0 spiro atoms. The number of carbonyl (C=O) groups excluding carboxylic acids is 2. The molecule has 2 heterocycles. The number of anilines is 1. The molecule has 2 bridgehead atoms. The van der Waals surface area contributed by atoms with Crippen LogP contribution in [0.4, 0.5) is 5.69 Å². The number of allylic oxidation sites excluding steroid dienone is 1. The number of aliphatic hydroxyl groups excluding tert-OH is 2. The van der Waals surface area contributed by atoms with E-state index in [1.165, 1.54) is 5.56 Å². The third-order valence-electron chi connectivity index (χ3n) is 9.22. The van der Waals surface area contributed by atoms with E-state index in [0.29, 0.717) is 42.5 Å². The Morgan fingerprint density at radius 1 is 1.20 bits per heavy atom. The van der Waals surface area contributed by atoms with Gasteiger partial charge in [-0.25, -0.2) is 0 Å². The molecule has 1 fully saturated rings. The summed E-state index contributed by atoms with van der Waals surface area (Å²) in [5.41, 5.74) is 3.46. The van der Waals surface area contributed by atoms with Gasteiger partial charge in [-0.1, -0.05) is 30.7 Å². The van der Waals surface area contributed by atoms with Crippen molar-refractivity contribution in [3.05, 3.63) is 70.3 Å². The third-order valence-corrected chi connectivity index (χ3v) is 10.8. The minimum Gasteiger partial charge on any atom is -0.491 e. The van der Waals surface area contributed by atoms with E-state index >= 15 is 0 Å². The lowest BCUT2D eigenvalue weighted by molar-refractivity contribution is -0.152. The highest BCUT2D eigenvalue weighted by atomic mass is 35.5. The van der Waals surface area contributed by atoms with Crippen LogP contribution < -0.4 is 9.64 Å². The standard InChI is InChI=1S/C35H45ClN2O7S/c1-23-5-4-7-32(45-34(41)15-12-29(40)21-39)30-13-9-27(30)20-38-19-26-8-11-28(36)17-24(26)6-2-3-16-44-33-14-10-25(18-31(33)38)35(42)37-46(43)22-23/h4,7-8,10-11,14,17-18,23,27,29-30,32,39-40,46H,2-3,5-6,9,12-13,15-16,19-22H2,1H3/b7-4+/t23-,27-,29?,30+,32-/m0/s1. The van der Waals surface area contributed by atoms with Crippen LogP contribution in [0.5, 0.6) is 5.75 Å². The van der Waals surface area contributed by atoms with Crippen LogP contribution in [0, 0.1) is 17.8 Å². The van der Waals surface area contributed by atoms with Crippen molar-refractivity contribution >= 4 is 39.8 Å². The lowest BCUT2D eigenvalue weighted by Gasteiger charge is -2.43. The molecule has 2 aromatic rings. The molecule has 3 aliphatic rings. The van der Waals surface area contributed by atoms with E-state index in [0.717, 1.165) is 43.4 Å². The second-order valence-corrected chi connectivity index (χ2v) is 14.5. The van der Waals surface area contributed by atoms with Crippen molar-refractivity contribution in [1.29, 1.82) is 0 Å². The molecule has 46 heavy (non-hydrogen) atoms. The van der Waals surface area contributed by atoms with Crippen LogP contribution in [0.15, 0.2) is 52.9 Å². The Morgan fingerprint density at radius 2 is 2.04 bits per heavy atom. The molecular formula is C35H45ClN2O7S. The number of esters is 1. The number of ether oxygens (including phenoxy) is 2. The Kier molecular flexibility index (Phi) is 12.2. The first-order valence-electron chi connectivity index (χ1n) is 16.3. The fraction of sp³-hybridized carbons (Fsp3) is 0.543. The SMILES string of the molecule is C[C@H]1C/C=C/[C@H](OC(=O)CCC(O)CO)[C@@H]2CC[C@H]2CN2Cc3ccc(Cl)cc3CCCCOc3ccc(cc32)C(=O)/N=[SH](=O)\C1. The zero-order chi connectivity index (χ0) is 32.6. The number of hydrogen-bond donors (Lipinski definition) is 3. The molecule has 6 atom stereocenters. The van der Waals surface area contributed by atoms with Crippen molar-refractivity contribution in [2.75, 3.05) is 30.4 Å². The Hall–Kier alpha value is -2.92. The van der Waals surface area contributed by atoms with Crippen molar-refractivity contribution in [2.24, 2.45) is 22.1 Å². The van der Waals surface area contributed by atoms with Crippen LogP contribution >= 0.6 is 11.6 Å². The smallest absolute Gasteiger partial charge is 0.306 e. The van der Waals surface area contributed by atoms with Gasteiger partial charge < -0.3 is 24.6 Å². The van der Waals surface area contributed by atoms with Gasteiger partial charge in [0.25, 0.3) is 5.91 Å². The van der Waals surface area contributed by atoms with Crippen molar-refractivity contribution in [1.82, 2.24) is 0 Å². The monoisotopic (exact) mass is 672 g/mol. The van der Waals surface area contributed by atoms with E-state index in [4.69, 9.17) is 21.1 Å². The fourth-order valence-corrected chi connectivity index (χ4v) is 7.71. The summed E-state index contributed by atoms with van der Waals surface area (Å²) in [6.45, 7) is 3.28. The van der Waals surface area contributed by atoms with Crippen molar-refractivity contribution < 1.29 is 33.5 Å². The molecule has 11 heteroatoms. The van der Waals surface area contributed by atoms with Crippen LogP contribution in [0.3, 0.4) is 0 Å². The highest BCUT2D eigenvalue weighted by Gasteiger charge is 2.39. The molecule has 2 unspecified atom stereocenters. The summed E-state index contributed by atoms with van der Waals surface area (Å²) in [6, 6.07) is 11.3. The lowest BCUT2D eigenvalue weighted by atomic mass is 9.70. The van der Waals surface area contributed by atoms with E-state index in [-0.39, 0.29) is 36.3 Å². The maximum absolute atomic E-state index is 13.3. The molecule has 2 aromatic carbocycles. The van der Waals surface area contributed by atoms with Crippen molar-refractivity contribution in [3.63, 3.8) is 0 Å². The minimum atomic E-state index is -2.11. The fourth-order valence-electron chi connectivity index (χ4n) is 6.43. The normalized spacial score (nSPS) is 27.3. The number of aryl methyl sites for hydroxylation is 1. The Balaban J connectivity index is 1.53. The number of thiol groups is 1. The molecular weight excluding hydrogens is 628 g/mol. The first-order valence-corrected chi connectivity index (χ1v) is 18.1. The second kappa shape index (κ2) is 16.3. The maximum atomic E-state index is 13.3. The van der Waals surface area contributed by atoms with Crippen molar-refractivity contribution in [2.45, 2.75) is 77.0 Å². The molecule has 1 aliphatic carbocycles. The molecule has 0 aromatic heterocycles. The van der Waals surface area contributed by atoms with Crippen LogP contribution in [0.1, 0.15) is 73.4 Å². The summed E-state index contributed by atoms with van der Waals surface area (Å²) in [5, 5.41) is 19.6. The first-order chi connectivity index (χ1) is 22.2. The molecule has 250 valence electrons. The van der Waals surface area contributed by atoms with Gasteiger partial charge in [-0.05, 0) is 104 Å². The molecule has 5 rings (SSSR count). The molecule has 0 radical (unpaired) electrons. The lowest BCUT2D eigenvalue weighted by Crippen LogP contribution is -2.44. The van der Waals surface area contributed by atoms with E-state index in [1.807, 2.05) is 43.3 Å². The summed E-state index contributed by atoms with van der Waals surface area (Å²) in [6.07, 6.45) is 7.72. The number of halogens is 1. The quantitative estimate of drug-likeness (QED) is 0.215. The van der Waals surface area contributed by atoms with Gasteiger partial charge in [0.15, 0.2) is 0 Å². The van der Waals surface area contributed by atoms with Gasteiger partial charge >= 0.3 is 5.97 Å². The van der Waals surface area contributed by atoms with Gasteiger partial charge in [0.2, 0.25) is 0 Å². The molecule has 0 saturated heterocycles. The summed E-state index contributed by atoms with van der Waals surface area (Å²) < 4.78 is 29.3. The van der Waals surface area contributed by atoms with E-state index in [2.05, 4.69) is 15.3 Å². The number of benzene rings is 2. The Morgan fingerprint density at radius 3 is 2.83 bits per heavy atom. The zero-order valence-electron chi connectivity index (χ0n) is 26.4. The van der Waals surface area contributed by atoms with Crippen LogP contribution in [0.2, 0.25) is 5.02 Å². The number of carbonyl (C=O) groups is 2. The van der Waals surface area contributed by atoms with Crippen LogP contribution in [0.25, 0.3) is 0 Å². The summed E-state index contributed by atoms with van der Waals surface area (Å²) >= 11 is 6.42. The average molecular weight is 673 g/mol. The van der Waals surface area contributed by atoms with Gasteiger partial charge in [0.05, 0.1) is 25.0 Å². The summed E-state index contributed by atoms with van der Waals surface area (Å²) in [5.74, 6) is 0.273. The summed E-state index contributed by atoms with van der Waals surface area (Å²) in [4.78, 5) is 28.4. The molecule has 9 nitrogen and oxygen atoms in total. The topological polar surface area (TPSA) is 126 Å². The van der Waals surface area contributed by atoms with Gasteiger partial charge in [-0.2, -0.15) is 4.36 Å². The number of nitrogens with zero attached hydrogens (tertiary/aromatic N) is 2.